The lowest BCUT2D eigenvalue weighted by Gasteiger charge is -2.31. The maximum absolute atomic E-state index is 5.95. The van der Waals surface area contributed by atoms with Crippen LogP contribution in [0.1, 0.15) is 12.8 Å². The Bertz CT molecular complexity index is 793. The Hall–Kier alpha value is -2.80. The number of nitrogens with two attached hydrogens (primary N) is 1. The molecule has 0 amide bonds. The van der Waals surface area contributed by atoms with Crippen molar-refractivity contribution in [3.05, 3.63) is 42.9 Å². The first-order valence-corrected chi connectivity index (χ1v) is 8.00. The van der Waals surface area contributed by atoms with E-state index in [4.69, 9.17) is 10.3 Å². The number of pyridine rings is 2. The van der Waals surface area contributed by atoms with E-state index in [1.54, 1.807) is 18.6 Å². The quantitative estimate of drug-likeness (QED) is 0.789. The zero-order chi connectivity index (χ0) is 16.4. The summed E-state index contributed by atoms with van der Waals surface area (Å²) in [5.41, 5.74) is 7.62. The molecule has 1 aliphatic heterocycles. The van der Waals surface area contributed by atoms with Crippen molar-refractivity contribution in [1.82, 2.24) is 20.1 Å². The van der Waals surface area contributed by atoms with E-state index in [0.717, 1.165) is 42.9 Å². The highest BCUT2D eigenvalue weighted by molar-refractivity contribution is 5.59. The van der Waals surface area contributed by atoms with Crippen molar-refractivity contribution in [2.75, 3.05) is 18.0 Å². The summed E-state index contributed by atoms with van der Waals surface area (Å²) in [4.78, 5) is 15.2. The fourth-order valence-electron chi connectivity index (χ4n) is 2.79. The Morgan fingerprint density at radius 1 is 1.04 bits per heavy atom. The molecule has 2 N–H and O–H groups in total. The van der Waals surface area contributed by atoms with Gasteiger partial charge in [-0.1, -0.05) is 5.16 Å². The van der Waals surface area contributed by atoms with Gasteiger partial charge >= 0.3 is 0 Å². The van der Waals surface area contributed by atoms with Crippen molar-refractivity contribution >= 4 is 5.82 Å². The zero-order valence-corrected chi connectivity index (χ0v) is 13.2. The number of aromatic nitrogens is 4. The molecule has 3 aromatic heterocycles. The summed E-state index contributed by atoms with van der Waals surface area (Å²) in [6.07, 6.45) is 7.18. The molecule has 7 heteroatoms. The van der Waals surface area contributed by atoms with E-state index >= 15 is 0 Å². The fourth-order valence-corrected chi connectivity index (χ4v) is 2.79. The molecule has 0 saturated carbocycles. The number of nitrogens with zero attached hydrogens (tertiary/aromatic N) is 5. The third-order valence-corrected chi connectivity index (χ3v) is 4.22. The highest BCUT2D eigenvalue weighted by Gasteiger charge is 2.18. The third kappa shape index (κ3) is 2.98. The van der Waals surface area contributed by atoms with E-state index < -0.39 is 0 Å². The predicted molar refractivity (Wildman–Crippen MR) is 90.2 cm³/mol. The zero-order valence-electron chi connectivity index (χ0n) is 13.2. The standard InChI is InChI=1S/C17H18N6O/c18-14-5-9-23(10-6-14)15-2-1-13(11-20-15)17-21-16(22-24-17)12-3-7-19-8-4-12/h1-4,7-8,11,14H,5-6,9-10,18H2. The van der Waals surface area contributed by atoms with Crippen molar-refractivity contribution < 1.29 is 4.52 Å². The van der Waals surface area contributed by atoms with Gasteiger partial charge in [-0.3, -0.25) is 4.98 Å². The van der Waals surface area contributed by atoms with Crippen LogP contribution >= 0.6 is 0 Å². The minimum absolute atomic E-state index is 0.311. The molecular formula is C17H18N6O. The Balaban J connectivity index is 1.52. The van der Waals surface area contributed by atoms with Gasteiger partial charge in [0, 0.05) is 43.3 Å². The van der Waals surface area contributed by atoms with Gasteiger partial charge in [-0.2, -0.15) is 4.98 Å². The SMILES string of the molecule is NC1CCN(c2ccc(-c3nc(-c4ccncc4)no3)cn2)CC1. The van der Waals surface area contributed by atoms with Crippen LogP contribution in [0.3, 0.4) is 0 Å². The topological polar surface area (TPSA) is 94.0 Å². The first-order valence-electron chi connectivity index (χ1n) is 8.00. The van der Waals surface area contributed by atoms with Crippen molar-refractivity contribution in [3.63, 3.8) is 0 Å². The van der Waals surface area contributed by atoms with Crippen molar-refractivity contribution in [2.45, 2.75) is 18.9 Å². The normalized spacial score (nSPS) is 15.6. The fraction of sp³-hybridized carbons (Fsp3) is 0.294. The molecular weight excluding hydrogens is 304 g/mol. The molecule has 24 heavy (non-hydrogen) atoms. The molecule has 1 saturated heterocycles. The second kappa shape index (κ2) is 6.37. The van der Waals surface area contributed by atoms with Crippen molar-refractivity contribution in [1.29, 1.82) is 0 Å². The van der Waals surface area contributed by atoms with Gasteiger partial charge < -0.3 is 15.2 Å². The van der Waals surface area contributed by atoms with Crippen LogP contribution in [0.15, 0.2) is 47.4 Å². The largest absolute Gasteiger partial charge is 0.357 e. The van der Waals surface area contributed by atoms with Gasteiger partial charge in [0.05, 0.1) is 5.56 Å². The lowest BCUT2D eigenvalue weighted by molar-refractivity contribution is 0.432. The summed E-state index contributed by atoms with van der Waals surface area (Å²) >= 11 is 0. The molecule has 3 aromatic rings. The van der Waals surface area contributed by atoms with Crippen molar-refractivity contribution in [3.8, 4) is 22.8 Å². The summed E-state index contributed by atoms with van der Waals surface area (Å²) in [6.45, 7) is 1.89. The van der Waals surface area contributed by atoms with Crippen LogP contribution in [0.25, 0.3) is 22.8 Å². The van der Waals surface area contributed by atoms with Crippen LogP contribution in [0.4, 0.5) is 5.82 Å². The van der Waals surface area contributed by atoms with E-state index in [2.05, 4.69) is 25.0 Å². The summed E-state index contributed by atoms with van der Waals surface area (Å²) in [5.74, 6) is 1.96. The minimum Gasteiger partial charge on any atom is -0.357 e. The predicted octanol–water partition coefficient (Wildman–Crippen LogP) is 2.12. The molecule has 0 bridgehead atoms. The third-order valence-electron chi connectivity index (χ3n) is 4.22. The van der Waals surface area contributed by atoms with E-state index in [1.807, 2.05) is 24.3 Å². The molecule has 4 rings (SSSR count). The molecule has 0 aromatic carbocycles. The number of hydrogen-bond acceptors (Lipinski definition) is 7. The molecule has 0 unspecified atom stereocenters. The molecule has 0 radical (unpaired) electrons. The van der Waals surface area contributed by atoms with Crippen LogP contribution in [-0.4, -0.2) is 39.2 Å². The molecule has 122 valence electrons. The molecule has 0 aliphatic carbocycles. The van der Waals surface area contributed by atoms with Gasteiger partial charge in [0.15, 0.2) is 0 Å². The highest BCUT2D eigenvalue weighted by Crippen LogP contribution is 2.23. The minimum atomic E-state index is 0.311. The number of rotatable bonds is 3. The Labute approximate surface area is 139 Å². The van der Waals surface area contributed by atoms with Gasteiger partial charge in [0.2, 0.25) is 5.82 Å². The van der Waals surface area contributed by atoms with E-state index in [1.165, 1.54) is 0 Å². The summed E-state index contributed by atoms with van der Waals surface area (Å²) in [5, 5.41) is 4.02. The monoisotopic (exact) mass is 322 g/mol. The Morgan fingerprint density at radius 3 is 2.54 bits per heavy atom. The maximum atomic E-state index is 5.95. The first-order chi connectivity index (χ1) is 11.8. The Kier molecular flexibility index (Phi) is 3.92. The van der Waals surface area contributed by atoms with Gasteiger partial charge in [0.1, 0.15) is 5.82 Å². The van der Waals surface area contributed by atoms with Gasteiger partial charge in [-0.15, -0.1) is 0 Å². The van der Waals surface area contributed by atoms with Crippen LogP contribution in [-0.2, 0) is 0 Å². The summed E-state index contributed by atoms with van der Waals surface area (Å²) < 4.78 is 5.35. The summed E-state index contributed by atoms with van der Waals surface area (Å²) in [7, 11) is 0. The first kappa shape index (κ1) is 14.8. The molecule has 1 fully saturated rings. The lowest BCUT2D eigenvalue weighted by atomic mass is 10.1. The highest BCUT2D eigenvalue weighted by atomic mass is 16.5. The van der Waals surface area contributed by atoms with Crippen LogP contribution < -0.4 is 10.6 Å². The van der Waals surface area contributed by atoms with Crippen molar-refractivity contribution in [2.24, 2.45) is 5.73 Å². The second-order valence-electron chi connectivity index (χ2n) is 5.89. The molecule has 7 nitrogen and oxygen atoms in total. The van der Waals surface area contributed by atoms with Crippen LogP contribution in [0, 0.1) is 0 Å². The number of piperidine rings is 1. The Morgan fingerprint density at radius 2 is 1.83 bits per heavy atom. The van der Waals surface area contributed by atoms with E-state index in [9.17, 15) is 0 Å². The average Bonchev–Trinajstić information content (AvgIpc) is 3.13. The van der Waals surface area contributed by atoms with E-state index in [-0.39, 0.29) is 0 Å². The van der Waals surface area contributed by atoms with Gasteiger partial charge in [-0.25, -0.2) is 4.98 Å². The lowest BCUT2D eigenvalue weighted by Crippen LogP contribution is -2.40. The molecule has 0 atom stereocenters. The summed E-state index contributed by atoms with van der Waals surface area (Å²) in [6, 6.07) is 7.95. The molecule has 1 aliphatic rings. The van der Waals surface area contributed by atoms with Crippen LogP contribution in [0.2, 0.25) is 0 Å². The number of hydrogen-bond donors (Lipinski definition) is 1. The van der Waals surface area contributed by atoms with Gasteiger partial charge in [0.25, 0.3) is 5.89 Å². The van der Waals surface area contributed by atoms with Gasteiger partial charge in [-0.05, 0) is 37.1 Å². The van der Waals surface area contributed by atoms with E-state index in [0.29, 0.717) is 17.8 Å². The molecule has 0 spiro atoms. The smallest absolute Gasteiger partial charge is 0.259 e. The molecule has 4 heterocycles. The number of anilines is 1. The maximum Gasteiger partial charge on any atom is 0.259 e. The van der Waals surface area contributed by atoms with Crippen LogP contribution in [0.5, 0.6) is 0 Å². The average molecular weight is 322 g/mol. The second-order valence-corrected chi connectivity index (χ2v) is 5.89.